The topological polar surface area (TPSA) is 120 Å². The maximum absolute atomic E-state index is 14.7. The number of aliphatic hydroxyl groups excluding tert-OH is 1. The zero-order valence-corrected chi connectivity index (χ0v) is 20.9. The largest absolute Gasteiger partial charge is 0.486 e. The molecule has 1 saturated carbocycles. The van der Waals surface area contributed by atoms with E-state index in [9.17, 15) is 19.2 Å². The van der Waals surface area contributed by atoms with E-state index in [-0.39, 0.29) is 48.6 Å². The number of nitrogens with one attached hydrogen (secondary N) is 1. The number of likely N-dealkylation sites (tertiary alicyclic amines) is 1. The molecule has 2 amide bonds. The van der Waals surface area contributed by atoms with Crippen molar-refractivity contribution in [3.63, 3.8) is 0 Å². The van der Waals surface area contributed by atoms with Gasteiger partial charge in [0, 0.05) is 37.8 Å². The second kappa shape index (κ2) is 10.6. The van der Waals surface area contributed by atoms with Crippen LogP contribution in [0.1, 0.15) is 29.9 Å². The standard InChI is InChI=1S/C28H28FN5O4/c1-33-14-20(13-31-33)22-11-23(22)28(37)32-21-4-2-3-17(10-21)18-5-6-25(19(9-18)12-30)38-26-7-8-34(15-24(26)29)27(36)16-35/h2-6,9-10,13-14,22-24,26,35H,7-8,11,15-16H2,1H3,(H,32,37)/t22-,23+,24-,26+/m1/s1. The molecule has 2 aliphatic rings. The Hall–Kier alpha value is -4.23. The Balaban J connectivity index is 1.25. The molecule has 1 aromatic heterocycles. The molecule has 2 heterocycles. The molecule has 10 heteroatoms. The van der Waals surface area contributed by atoms with Crippen molar-refractivity contribution in [3.8, 4) is 22.9 Å². The zero-order chi connectivity index (χ0) is 26.8. The molecule has 0 spiro atoms. The van der Waals surface area contributed by atoms with Crippen LogP contribution in [-0.2, 0) is 16.6 Å². The van der Waals surface area contributed by atoms with E-state index in [1.807, 2.05) is 37.5 Å². The number of anilines is 1. The lowest BCUT2D eigenvalue weighted by Gasteiger charge is -2.34. The maximum atomic E-state index is 14.7. The molecule has 0 radical (unpaired) electrons. The third-order valence-electron chi connectivity index (χ3n) is 7.09. The number of alkyl halides is 1. The first-order valence-corrected chi connectivity index (χ1v) is 12.5. The summed E-state index contributed by atoms with van der Waals surface area (Å²) in [6.45, 7) is -0.547. The Morgan fingerprint density at radius 1 is 1.26 bits per heavy atom. The van der Waals surface area contributed by atoms with E-state index in [2.05, 4.69) is 16.5 Å². The number of carbonyl (C=O) groups is 2. The lowest BCUT2D eigenvalue weighted by Crippen LogP contribution is -2.50. The van der Waals surface area contributed by atoms with Crippen molar-refractivity contribution in [2.24, 2.45) is 13.0 Å². The quantitative estimate of drug-likeness (QED) is 0.497. The van der Waals surface area contributed by atoms with Crippen LogP contribution >= 0.6 is 0 Å². The number of ether oxygens (including phenoxy) is 1. The summed E-state index contributed by atoms with van der Waals surface area (Å²) in [5.41, 5.74) is 3.55. The van der Waals surface area contributed by atoms with Gasteiger partial charge in [-0.1, -0.05) is 18.2 Å². The Bertz CT molecular complexity index is 1400. The minimum absolute atomic E-state index is 0.0371. The van der Waals surface area contributed by atoms with E-state index in [4.69, 9.17) is 9.84 Å². The summed E-state index contributed by atoms with van der Waals surface area (Å²) in [6, 6.07) is 14.6. The summed E-state index contributed by atoms with van der Waals surface area (Å²) in [5, 5.41) is 25.9. The Labute approximate surface area is 219 Å². The van der Waals surface area contributed by atoms with Crippen LogP contribution < -0.4 is 10.1 Å². The normalized spacial score (nSPS) is 22.4. The molecule has 4 atom stereocenters. The number of benzene rings is 2. The van der Waals surface area contributed by atoms with Gasteiger partial charge in [0.05, 0.1) is 18.3 Å². The van der Waals surface area contributed by atoms with E-state index in [1.165, 1.54) is 4.90 Å². The number of nitriles is 1. The Morgan fingerprint density at radius 3 is 2.79 bits per heavy atom. The average molecular weight is 518 g/mol. The summed E-state index contributed by atoms with van der Waals surface area (Å²) in [6.07, 6.45) is 2.55. The SMILES string of the molecule is Cn1cc([C@H]2C[C@@H]2C(=O)Nc2cccc(-c3ccc(O[C@H]4CCN(C(=O)CO)C[C@H]4F)c(C#N)c3)c2)cn1. The third-order valence-corrected chi connectivity index (χ3v) is 7.09. The average Bonchev–Trinajstić information content (AvgIpc) is 3.62. The van der Waals surface area contributed by atoms with Crippen LogP contribution in [0.3, 0.4) is 0 Å². The fraction of sp³-hybridized carbons (Fsp3) is 0.357. The van der Waals surface area contributed by atoms with Gasteiger partial charge in [0.15, 0.2) is 6.17 Å². The van der Waals surface area contributed by atoms with Gasteiger partial charge in [0.2, 0.25) is 11.8 Å². The van der Waals surface area contributed by atoms with Crippen molar-refractivity contribution in [1.29, 1.82) is 5.26 Å². The molecule has 0 bridgehead atoms. The van der Waals surface area contributed by atoms with E-state index in [0.717, 1.165) is 23.1 Å². The molecule has 3 aromatic rings. The van der Waals surface area contributed by atoms with Crippen molar-refractivity contribution >= 4 is 17.5 Å². The molecular weight excluding hydrogens is 489 g/mol. The van der Waals surface area contributed by atoms with Crippen LogP contribution in [0.4, 0.5) is 10.1 Å². The summed E-state index contributed by atoms with van der Waals surface area (Å²) in [5.74, 6) is -0.186. The fourth-order valence-electron chi connectivity index (χ4n) is 4.90. The van der Waals surface area contributed by atoms with Crippen LogP contribution in [-0.4, -0.2) is 63.6 Å². The smallest absolute Gasteiger partial charge is 0.248 e. The minimum atomic E-state index is -1.44. The second-order valence-corrected chi connectivity index (χ2v) is 9.75. The number of rotatable bonds is 7. The number of piperidine rings is 1. The number of amides is 2. The second-order valence-electron chi connectivity index (χ2n) is 9.75. The van der Waals surface area contributed by atoms with Gasteiger partial charge in [0.1, 0.15) is 24.5 Å². The highest BCUT2D eigenvalue weighted by molar-refractivity contribution is 5.95. The van der Waals surface area contributed by atoms with Crippen molar-refractivity contribution in [2.45, 2.75) is 31.0 Å². The number of aromatic nitrogens is 2. The molecule has 1 aliphatic heterocycles. The summed E-state index contributed by atoms with van der Waals surface area (Å²) in [4.78, 5) is 25.7. The summed E-state index contributed by atoms with van der Waals surface area (Å²) < 4.78 is 22.2. The van der Waals surface area contributed by atoms with Crippen LogP contribution in [0.2, 0.25) is 0 Å². The summed E-state index contributed by atoms with van der Waals surface area (Å²) >= 11 is 0. The van der Waals surface area contributed by atoms with Gasteiger partial charge in [-0.05, 0) is 53.3 Å². The number of aliphatic hydroxyl groups is 1. The number of nitrogens with zero attached hydrogens (tertiary/aromatic N) is 4. The van der Waals surface area contributed by atoms with Crippen molar-refractivity contribution in [3.05, 3.63) is 66.0 Å². The Kier molecular flexibility index (Phi) is 7.11. The van der Waals surface area contributed by atoms with E-state index in [0.29, 0.717) is 5.69 Å². The van der Waals surface area contributed by atoms with Gasteiger partial charge in [-0.15, -0.1) is 0 Å². The first-order chi connectivity index (χ1) is 18.4. The molecule has 2 aromatic carbocycles. The number of hydrogen-bond acceptors (Lipinski definition) is 6. The molecule has 1 aliphatic carbocycles. The fourth-order valence-corrected chi connectivity index (χ4v) is 4.90. The zero-order valence-electron chi connectivity index (χ0n) is 20.9. The highest BCUT2D eigenvalue weighted by Gasteiger charge is 2.44. The predicted octanol–water partition coefficient (Wildman–Crippen LogP) is 3.01. The third kappa shape index (κ3) is 5.38. The summed E-state index contributed by atoms with van der Waals surface area (Å²) in [7, 11) is 1.85. The van der Waals surface area contributed by atoms with E-state index in [1.54, 1.807) is 29.1 Å². The van der Waals surface area contributed by atoms with Crippen LogP contribution in [0.5, 0.6) is 5.75 Å². The first-order valence-electron chi connectivity index (χ1n) is 12.5. The van der Waals surface area contributed by atoms with Gasteiger partial charge in [-0.25, -0.2) is 4.39 Å². The number of aryl methyl sites for hydroxylation is 1. The molecule has 2 fully saturated rings. The highest BCUT2D eigenvalue weighted by Crippen LogP contribution is 2.47. The van der Waals surface area contributed by atoms with Crippen molar-refractivity contribution in [1.82, 2.24) is 14.7 Å². The monoisotopic (exact) mass is 517 g/mol. The molecule has 38 heavy (non-hydrogen) atoms. The highest BCUT2D eigenvalue weighted by atomic mass is 19.1. The molecule has 9 nitrogen and oxygen atoms in total. The van der Waals surface area contributed by atoms with Crippen molar-refractivity contribution < 1.29 is 23.8 Å². The van der Waals surface area contributed by atoms with Gasteiger partial charge in [-0.3, -0.25) is 14.3 Å². The predicted molar refractivity (Wildman–Crippen MR) is 137 cm³/mol. The molecule has 5 rings (SSSR count). The van der Waals surface area contributed by atoms with Crippen LogP contribution in [0.25, 0.3) is 11.1 Å². The van der Waals surface area contributed by atoms with Gasteiger partial charge in [0.25, 0.3) is 0 Å². The van der Waals surface area contributed by atoms with Crippen LogP contribution in [0.15, 0.2) is 54.9 Å². The Morgan fingerprint density at radius 2 is 2.08 bits per heavy atom. The van der Waals surface area contributed by atoms with Gasteiger partial charge in [-0.2, -0.15) is 10.4 Å². The van der Waals surface area contributed by atoms with Gasteiger partial charge >= 0.3 is 0 Å². The number of carbonyl (C=O) groups excluding carboxylic acids is 2. The molecule has 1 saturated heterocycles. The molecule has 0 unspecified atom stereocenters. The maximum Gasteiger partial charge on any atom is 0.248 e. The number of hydrogen-bond donors (Lipinski definition) is 2. The molecule has 196 valence electrons. The van der Waals surface area contributed by atoms with Gasteiger partial charge < -0.3 is 20.1 Å². The first kappa shape index (κ1) is 25.4. The van der Waals surface area contributed by atoms with E-state index >= 15 is 0 Å². The van der Waals surface area contributed by atoms with Crippen LogP contribution in [0, 0.1) is 17.2 Å². The lowest BCUT2D eigenvalue weighted by molar-refractivity contribution is -0.138. The minimum Gasteiger partial charge on any atom is -0.486 e. The number of halogens is 1. The van der Waals surface area contributed by atoms with E-state index < -0.39 is 24.8 Å². The molecule has 2 N–H and O–H groups in total. The lowest BCUT2D eigenvalue weighted by atomic mass is 10.0. The molecular formula is C28H28FN5O4. The van der Waals surface area contributed by atoms with Crippen molar-refractivity contribution in [2.75, 3.05) is 25.0 Å².